The van der Waals surface area contributed by atoms with Gasteiger partial charge in [-0.3, -0.25) is 14.2 Å². The van der Waals surface area contributed by atoms with Crippen molar-refractivity contribution in [3.63, 3.8) is 0 Å². The maximum absolute atomic E-state index is 13.2. The van der Waals surface area contributed by atoms with Gasteiger partial charge in [-0.25, -0.2) is 14.3 Å². The van der Waals surface area contributed by atoms with Gasteiger partial charge in [0.2, 0.25) is 11.8 Å². The number of nitrogens with zero attached hydrogens (tertiary/aromatic N) is 5. The van der Waals surface area contributed by atoms with Crippen LogP contribution in [0.2, 0.25) is 10.0 Å². The van der Waals surface area contributed by atoms with E-state index in [1.54, 1.807) is 31.4 Å². The molecular weight excluding hydrogens is 685 g/mol. The van der Waals surface area contributed by atoms with E-state index in [-0.39, 0.29) is 43.1 Å². The van der Waals surface area contributed by atoms with E-state index in [0.29, 0.717) is 86.4 Å². The summed E-state index contributed by atoms with van der Waals surface area (Å²) in [5.41, 5.74) is 4.56. The standard InChI is InChI=1S/C35H35Cl2N7O6/c1-42-29(16-38-13-14-45)41-44-18-21(15-28(44)34(42)47)23-5-3-6-24(31(23)36)25-7-4-8-26(32(25)37)27-11-9-20(33(40-27)50-2)17-43(35(48)49)19-22-10-12-30(46)39-22/h3-9,11,15,18,22,38,45H,10,12-14,16-17,19H2,1-2H3,(H,39,46)(H,48,49). The average molecular weight is 721 g/mol. The fourth-order valence-electron chi connectivity index (χ4n) is 6.07. The van der Waals surface area contributed by atoms with Gasteiger partial charge in [-0.05, 0) is 24.6 Å². The molecule has 1 aliphatic rings. The second-order valence-electron chi connectivity index (χ2n) is 11.9. The Bertz CT molecular complexity index is 2150. The van der Waals surface area contributed by atoms with Crippen molar-refractivity contribution in [3.05, 3.63) is 92.6 Å². The third kappa shape index (κ3) is 7.03. The molecule has 50 heavy (non-hydrogen) atoms. The highest BCUT2D eigenvalue weighted by Crippen LogP contribution is 2.42. The van der Waals surface area contributed by atoms with Crippen LogP contribution < -0.4 is 20.9 Å². The zero-order valence-electron chi connectivity index (χ0n) is 27.3. The van der Waals surface area contributed by atoms with Crippen molar-refractivity contribution in [2.24, 2.45) is 7.05 Å². The molecule has 0 spiro atoms. The summed E-state index contributed by atoms with van der Waals surface area (Å²) in [6.45, 7) is 0.830. The molecular formula is C35H35Cl2N7O6. The first kappa shape index (κ1) is 34.9. The van der Waals surface area contributed by atoms with Gasteiger partial charge in [-0.2, -0.15) is 5.10 Å². The third-order valence-corrected chi connectivity index (χ3v) is 9.49. The van der Waals surface area contributed by atoms with Crippen LogP contribution in [0.25, 0.3) is 39.0 Å². The van der Waals surface area contributed by atoms with Crippen LogP contribution in [0, 0.1) is 0 Å². The van der Waals surface area contributed by atoms with Crippen LogP contribution in [0.1, 0.15) is 24.2 Å². The highest BCUT2D eigenvalue weighted by atomic mass is 35.5. The Morgan fingerprint density at radius 2 is 1.78 bits per heavy atom. The topological polar surface area (TPSA) is 163 Å². The highest BCUT2D eigenvalue weighted by molar-refractivity contribution is 6.39. The summed E-state index contributed by atoms with van der Waals surface area (Å²) < 4.78 is 8.59. The predicted octanol–water partition coefficient (Wildman–Crippen LogP) is 4.58. The van der Waals surface area contributed by atoms with E-state index in [1.807, 2.05) is 36.4 Å². The van der Waals surface area contributed by atoms with Crippen LogP contribution in [0.5, 0.6) is 5.88 Å². The zero-order chi connectivity index (χ0) is 35.5. The number of methoxy groups -OCH3 is 1. The first-order chi connectivity index (χ1) is 24.1. The normalized spacial score (nSPS) is 14.3. The van der Waals surface area contributed by atoms with Crippen molar-refractivity contribution in [1.29, 1.82) is 0 Å². The molecule has 2 amide bonds. The first-order valence-corrected chi connectivity index (χ1v) is 16.6. The summed E-state index contributed by atoms with van der Waals surface area (Å²) in [4.78, 5) is 42.8. The van der Waals surface area contributed by atoms with E-state index in [2.05, 4.69) is 20.7 Å². The van der Waals surface area contributed by atoms with Gasteiger partial charge in [-0.15, -0.1) is 0 Å². The number of carboxylic acid groups (broad SMARTS) is 1. The molecule has 1 fully saturated rings. The number of fused-ring (bicyclic) bond motifs is 1. The average Bonchev–Trinajstić information content (AvgIpc) is 3.73. The van der Waals surface area contributed by atoms with E-state index >= 15 is 0 Å². The van der Waals surface area contributed by atoms with Gasteiger partial charge in [0.25, 0.3) is 5.56 Å². The van der Waals surface area contributed by atoms with E-state index in [0.717, 1.165) is 0 Å². The molecule has 1 unspecified atom stereocenters. The van der Waals surface area contributed by atoms with E-state index in [9.17, 15) is 19.5 Å². The monoisotopic (exact) mass is 719 g/mol. The molecule has 1 saturated heterocycles. The van der Waals surface area contributed by atoms with Crippen LogP contribution in [0.4, 0.5) is 4.79 Å². The van der Waals surface area contributed by atoms with Crippen molar-refractivity contribution < 1.29 is 24.5 Å². The van der Waals surface area contributed by atoms with Crippen molar-refractivity contribution in [3.8, 4) is 39.4 Å². The number of aliphatic hydroxyl groups is 1. The summed E-state index contributed by atoms with van der Waals surface area (Å²) in [6, 6.07) is 16.1. The predicted molar refractivity (Wildman–Crippen MR) is 189 cm³/mol. The molecule has 1 aliphatic heterocycles. The number of carbonyl (C=O) groups is 2. The third-order valence-electron chi connectivity index (χ3n) is 8.67. The largest absolute Gasteiger partial charge is 0.481 e. The lowest BCUT2D eigenvalue weighted by Gasteiger charge is -2.23. The molecule has 1 atom stereocenters. The quantitative estimate of drug-likeness (QED) is 0.135. The molecule has 0 radical (unpaired) electrons. The van der Waals surface area contributed by atoms with Crippen molar-refractivity contribution in [2.45, 2.75) is 32.0 Å². The number of ether oxygens (including phenoxy) is 1. The van der Waals surface area contributed by atoms with E-state index < -0.39 is 6.09 Å². The van der Waals surface area contributed by atoms with Crippen molar-refractivity contribution in [2.75, 3.05) is 26.8 Å². The molecule has 0 bridgehead atoms. The molecule has 4 N–H and O–H groups in total. The van der Waals surface area contributed by atoms with Gasteiger partial charge < -0.3 is 30.5 Å². The van der Waals surface area contributed by atoms with E-state index in [1.165, 1.54) is 21.1 Å². The second-order valence-corrected chi connectivity index (χ2v) is 12.7. The van der Waals surface area contributed by atoms with Crippen LogP contribution in [0.15, 0.2) is 65.6 Å². The van der Waals surface area contributed by atoms with Gasteiger partial charge in [0, 0.05) is 72.2 Å². The fraction of sp³-hybridized carbons (Fsp3) is 0.286. The molecule has 5 aromatic rings. The molecule has 4 heterocycles. The zero-order valence-corrected chi connectivity index (χ0v) is 28.8. The Morgan fingerprint density at radius 3 is 2.44 bits per heavy atom. The number of carbonyl (C=O) groups excluding carboxylic acids is 1. The SMILES string of the molecule is COc1nc(-c2cccc(-c3cccc(-c4cc5c(=O)n(C)c(CNCCO)nn5c4)c3Cl)c2Cl)ccc1CN(CC1CCC(=O)N1)C(=O)O. The van der Waals surface area contributed by atoms with Gasteiger partial charge in [0.15, 0.2) is 0 Å². The maximum atomic E-state index is 13.2. The number of halogens is 2. The number of hydrogen-bond acceptors (Lipinski definition) is 8. The number of pyridine rings is 1. The number of benzene rings is 2. The summed E-state index contributed by atoms with van der Waals surface area (Å²) in [6.07, 6.45) is 1.59. The number of aliphatic hydroxyl groups excluding tert-OH is 1. The minimum Gasteiger partial charge on any atom is -0.481 e. The molecule has 0 aliphatic carbocycles. The molecule has 15 heteroatoms. The van der Waals surface area contributed by atoms with Gasteiger partial charge in [-0.1, -0.05) is 59.6 Å². The Kier molecular flexibility index (Phi) is 10.4. The number of amides is 2. The fourth-order valence-corrected chi connectivity index (χ4v) is 6.73. The number of aromatic nitrogens is 4. The van der Waals surface area contributed by atoms with Crippen LogP contribution >= 0.6 is 23.2 Å². The van der Waals surface area contributed by atoms with Crippen molar-refractivity contribution in [1.82, 2.24) is 34.7 Å². The highest BCUT2D eigenvalue weighted by Gasteiger charge is 2.26. The summed E-state index contributed by atoms with van der Waals surface area (Å²) in [7, 11) is 3.12. The minimum atomic E-state index is -1.12. The Hall–Kier alpha value is -4.95. The Morgan fingerprint density at radius 1 is 1.08 bits per heavy atom. The summed E-state index contributed by atoms with van der Waals surface area (Å²) >= 11 is 14.1. The smallest absolute Gasteiger partial charge is 0.407 e. The van der Waals surface area contributed by atoms with Crippen LogP contribution in [-0.4, -0.2) is 79.1 Å². The molecule has 6 rings (SSSR count). The van der Waals surface area contributed by atoms with Crippen molar-refractivity contribution >= 4 is 40.7 Å². The molecule has 3 aromatic heterocycles. The lowest BCUT2D eigenvalue weighted by atomic mass is 9.97. The van der Waals surface area contributed by atoms with Gasteiger partial charge >= 0.3 is 6.09 Å². The van der Waals surface area contributed by atoms with Gasteiger partial charge in [0.1, 0.15) is 11.3 Å². The second kappa shape index (κ2) is 14.9. The number of hydrogen-bond donors (Lipinski definition) is 4. The Balaban J connectivity index is 1.31. The minimum absolute atomic E-state index is 0.0207. The Labute approximate surface area is 297 Å². The molecule has 2 aromatic carbocycles. The van der Waals surface area contributed by atoms with Crippen LogP contribution in [0.3, 0.4) is 0 Å². The first-order valence-electron chi connectivity index (χ1n) is 15.9. The molecule has 260 valence electrons. The lowest BCUT2D eigenvalue weighted by molar-refractivity contribution is -0.119. The maximum Gasteiger partial charge on any atom is 0.407 e. The lowest BCUT2D eigenvalue weighted by Crippen LogP contribution is -2.41. The number of rotatable bonds is 12. The van der Waals surface area contributed by atoms with Gasteiger partial charge in [0.05, 0.1) is 42.5 Å². The van der Waals surface area contributed by atoms with Crippen LogP contribution in [-0.2, 0) is 24.9 Å². The summed E-state index contributed by atoms with van der Waals surface area (Å²) in [5, 5.41) is 30.2. The molecule has 0 saturated carbocycles. The molecule has 13 nitrogen and oxygen atoms in total. The van der Waals surface area contributed by atoms with E-state index in [4.69, 9.17) is 33.0 Å². The number of nitrogens with one attached hydrogen (secondary N) is 2. The summed E-state index contributed by atoms with van der Waals surface area (Å²) in [5.74, 6) is 0.675.